The summed E-state index contributed by atoms with van der Waals surface area (Å²) in [5.74, 6) is 1.43. The van der Waals surface area contributed by atoms with E-state index in [-0.39, 0.29) is 6.79 Å². The quantitative estimate of drug-likeness (QED) is 0.402. The molecule has 5 nitrogen and oxygen atoms in total. The van der Waals surface area contributed by atoms with Gasteiger partial charge in [0.25, 0.3) is 0 Å². The van der Waals surface area contributed by atoms with Crippen LogP contribution in [0.1, 0.15) is 5.56 Å². The second kappa shape index (κ2) is 7.88. The van der Waals surface area contributed by atoms with Gasteiger partial charge in [-0.05, 0) is 41.0 Å². The minimum Gasteiger partial charge on any atom is -0.454 e. The molecule has 0 unspecified atom stereocenters. The molecule has 27 heavy (non-hydrogen) atoms. The molecule has 0 atom stereocenters. The van der Waals surface area contributed by atoms with E-state index in [0.717, 1.165) is 17.0 Å². The van der Waals surface area contributed by atoms with Crippen LogP contribution >= 0.6 is 12.2 Å². The Bertz CT molecular complexity index is 972. The maximum atomic E-state index is 5.35. The first kappa shape index (κ1) is 17.1. The third-order valence-corrected chi connectivity index (χ3v) is 4.22. The molecule has 0 bridgehead atoms. The number of hydrogen-bond acceptors (Lipinski definition) is 4. The molecule has 3 aromatic carbocycles. The minimum absolute atomic E-state index is 0.245. The van der Waals surface area contributed by atoms with E-state index in [4.69, 9.17) is 21.7 Å². The van der Waals surface area contributed by atoms with E-state index < -0.39 is 0 Å². The number of rotatable bonds is 4. The summed E-state index contributed by atoms with van der Waals surface area (Å²) in [6.07, 6.45) is 1.72. The van der Waals surface area contributed by atoms with Crippen LogP contribution in [0.4, 0.5) is 5.69 Å². The summed E-state index contributed by atoms with van der Waals surface area (Å²) in [7, 11) is 0. The van der Waals surface area contributed by atoms with Crippen LogP contribution in [0.15, 0.2) is 77.9 Å². The topological polar surface area (TPSA) is 54.9 Å². The summed E-state index contributed by atoms with van der Waals surface area (Å²) in [5, 5.41) is 7.63. The van der Waals surface area contributed by atoms with Crippen molar-refractivity contribution in [3.8, 4) is 22.6 Å². The monoisotopic (exact) mass is 375 g/mol. The molecule has 1 heterocycles. The number of hydrazone groups is 1. The first-order chi connectivity index (χ1) is 13.3. The van der Waals surface area contributed by atoms with Gasteiger partial charge < -0.3 is 14.8 Å². The van der Waals surface area contributed by atoms with Crippen LogP contribution in [0.5, 0.6) is 11.5 Å². The van der Waals surface area contributed by atoms with E-state index in [2.05, 4.69) is 40.1 Å². The van der Waals surface area contributed by atoms with Crippen LogP contribution in [-0.2, 0) is 0 Å². The maximum Gasteiger partial charge on any atom is 0.231 e. The van der Waals surface area contributed by atoms with E-state index in [9.17, 15) is 0 Å². The molecule has 134 valence electrons. The van der Waals surface area contributed by atoms with Crippen LogP contribution in [-0.4, -0.2) is 18.1 Å². The molecule has 1 aliphatic heterocycles. The lowest BCUT2D eigenvalue weighted by atomic mass is 10.0. The van der Waals surface area contributed by atoms with Gasteiger partial charge in [0.05, 0.1) is 6.21 Å². The molecule has 0 aromatic heterocycles. The molecular weight excluding hydrogens is 358 g/mol. The lowest BCUT2D eigenvalue weighted by Crippen LogP contribution is -2.23. The molecule has 2 N–H and O–H groups in total. The van der Waals surface area contributed by atoms with Gasteiger partial charge in [-0.3, -0.25) is 5.43 Å². The maximum absolute atomic E-state index is 5.35. The summed E-state index contributed by atoms with van der Waals surface area (Å²) in [6.45, 7) is 0.245. The molecule has 0 spiro atoms. The molecule has 6 heteroatoms. The number of fused-ring (bicyclic) bond motifs is 1. The number of nitrogens with one attached hydrogen (secondary N) is 2. The van der Waals surface area contributed by atoms with E-state index in [1.165, 1.54) is 11.1 Å². The summed E-state index contributed by atoms with van der Waals surface area (Å²) in [5.41, 5.74) is 6.95. The Labute approximate surface area is 162 Å². The van der Waals surface area contributed by atoms with Crippen LogP contribution in [0, 0.1) is 0 Å². The fraction of sp³-hybridized carbons (Fsp3) is 0.0476. The number of hydrogen-bond donors (Lipinski definition) is 2. The van der Waals surface area contributed by atoms with Gasteiger partial charge in [0.1, 0.15) is 0 Å². The van der Waals surface area contributed by atoms with Crippen LogP contribution < -0.4 is 20.2 Å². The highest BCUT2D eigenvalue weighted by molar-refractivity contribution is 7.80. The lowest BCUT2D eigenvalue weighted by molar-refractivity contribution is 0.174. The predicted octanol–water partition coefficient (Wildman–Crippen LogP) is 4.40. The summed E-state index contributed by atoms with van der Waals surface area (Å²) in [6, 6.07) is 24.0. The van der Waals surface area contributed by atoms with E-state index in [1.54, 1.807) is 6.21 Å². The molecular formula is C21H17N3O2S. The number of benzene rings is 3. The van der Waals surface area contributed by atoms with Crippen molar-refractivity contribution in [3.63, 3.8) is 0 Å². The zero-order chi connectivity index (χ0) is 18.5. The standard InChI is InChI=1S/C21H17N3O2S/c27-21(23-18-10-11-19-20(12-18)26-14-25-19)24-22-13-15-6-8-17(9-7-15)16-4-2-1-3-5-16/h1-13H,14H2,(H2,23,24,27)/b22-13+. The van der Waals surface area contributed by atoms with Crippen molar-refractivity contribution in [2.45, 2.75) is 0 Å². The van der Waals surface area contributed by atoms with Crippen molar-refractivity contribution in [2.24, 2.45) is 5.10 Å². The first-order valence-corrected chi connectivity index (χ1v) is 8.84. The Morgan fingerprint density at radius 3 is 2.44 bits per heavy atom. The molecule has 0 aliphatic carbocycles. The fourth-order valence-electron chi connectivity index (χ4n) is 2.69. The highest BCUT2D eigenvalue weighted by Gasteiger charge is 2.13. The molecule has 0 radical (unpaired) electrons. The highest BCUT2D eigenvalue weighted by atomic mass is 32.1. The highest BCUT2D eigenvalue weighted by Crippen LogP contribution is 2.34. The zero-order valence-electron chi connectivity index (χ0n) is 14.4. The van der Waals surface area contributed by atoms with E-state index in [0.29, 0.717) is 10.9 Å². The van der Waals surface area contributed by atoms with Gasteiger partial charge in [-0.25, -0.2) is 0 Å². The van der Waals surface area contributed by atoms with Crippen molar-refractivity contribution in [3.05, 3.63) is 78.4 Å². The third-order valence-electron chi connectivity index (χ3n) is 4.03. The van der Waals surface area contributed by atoms with Crippen molar-refractivity contribution < 1.29 is 9.47 Å². The van der Waals surface area contributed by atoms with Gasteiger partial charge in [0, 0.05) is 11.8 Å². The molecule has 0 saturated heterocycles. The molecule has 3 aromatic rings. The minimum atomic E-state index is 0.245. The van der Waals surface area contributed by atoms with E-state index in [1.807, 2.05) is 48.5 Å². The number of anilines is 1. The van der Waals surface area contributed by atoms with Gasteiger partial charge in [-0.2, -0.15) is 5.10 Å². The average Bonchev–Trinajstić information content (AvgIpc) is 3.17. The summed E-state index contributed by atoms with van der Waals surface area (Å²) < 4.78 is 10.6. The fourth-order valence-corrected chi connectivity index (χ4v) is 2.86. The van der Waals surface area contributed by atoms with Crippen LogP contribution in [0.3, 0.4) is 0 Å². The molecule has 4 rings (SSSR count). The molecule has 0 amide bonds. The Balaban J connectivity index is 1.33. The Morgan fingerprint density at radius 2 is 1.63 bits per heavy atom. The van der Waals surface area contributed by atoms with Gasteiger partial charge in [-0.15, -0.1) is 0 Å². The Kier molecular flexibility index (Phi) is 4.98. The number of ether oxygens (including phenoxy) is 2. The SMILES string of the molecule is S=C(N/N=C/c1ccc(-c2ccccc2)cc1)Nc1ccc2c(c1)OCO2. The smallest absolute Gasteiger partial charge is 0.231 e. The predicted molar refractivity (Wildman–Crippen MR) is 111 cm³/mol. The van der Waals surface area contributed by atoms with Gasteiger partial charge >= 0.3 is 0 Å². The summed E-state index contributed by atoms with van der Waals surface area (Å²) >= 11 is 5.26. The van der Waals surface area contributed by atoms with Gasteiger partial charge in [0.15, 0.2) is 16.6 Å². The average molecular weight is 375 g/mol. The van der Waals surface area contributed by atoms with Crippen molar-refractivity contribution in [1.29, 1.82) is 0 Å². The van der Waals surface area contributed by atoms with Crippen LogP contribution in [0.2, 0.25) is 0 Å². The second-order valence-corrected chi connectivity index (χ2v) is 6.29. The van der Waals surface area contributed by atoms with Crippen molar-refractivity contribution >= 4 is 29.2 Å². The molecule has 0 fully saturated rings. The lowest BCUT2D eigenvalue weighted by Gasteiger charge is -2.07. The Hall–Kier alpha value is -3.38. The third kappa shape index (κ3) is 4.24. The van der Waals surface area contributed by atoms with Crippen molar-refractivity contribution in [1.82, 2.24) is 5.43 Å². The van der Waals surface area contributed by atoms with Gasteiger partial charge in [0.2, 0.25) is 6.79 Å². The summed E-state index contributed by atoms with van der Waals surface area (Å²) in [4.78, 5) is 0. The van der Waals surface area contributed by atoms with Gasteiger partial charge in [-0.1, -0.05) is 54.6 Å². The first-order valence-electron chi connectivity index (χ1n) is 8.43. The normalized spacial score (nSPS) is 12.1. The van der Waals surface area contributed by atoms with Crippen molar-refractivity contribution in [2.75, 3.05) is 12.1 Å². The molecule has 0 saturated carbocycles. The Morgan fingerprint density at radius 1 is 0.889 bits per heavy atom. The largest absolute Gasteiger partial charge is 0.454 e. The molecule has 1 aliphatic rings. The zero-order valence-corrected chi connectivity index (χ0v) is 15.2. The second-order valence-electron chi connectivity index (χ2n) is 5.88. The number of thiocarbonyl (C=S) groups is 1. The van der Waals surface area contributed by atoms with Crippen LogP contribution in [0.25, 0.3) is 11.1 Å². The number of nitrogens with zero attached hydrogens (tertiary/aromatic N) is 1. The van der Waals surface area contributed by atoms with E-state index >= 15 is 0 Å².